The van der Waals surface area contributed by atoms with Gasteiger partial charge in [0.25, 0.3) is 0 Å². The summed E-state index contributed by atoms with van der Waals surface area (Å²) in [5, 5.41) is 6.13. The standard InChI is InChI=1S/C15H17N5.C2H6/c1-3-4-8-12(2)18-14-16-11-17-15(20-14)19-13-9-6-5-7-10-13;1-2/h3-4,6,8-11H,1-2,5,7H2,(H2,16,17,18,19,20);1-2H3/b8-4-;. The second kappa shape index (κ2) is 10.1. The molecule has 0 bridgehead atoms. The molecule has 0 unspecified atom stereocenters. The summed E-state index contributed by atoms with van der Waals surface area (Å²) in [6.45, 7) is 11.4. The van der Waals surface area contributed by atoms with Crippen molar-refractivity contribution in [1.82, 2.24) is 15.0 Å². The Morgan fingerprint density at radius 1 is 1.23 bits per heavy atom. The molecule has 0 aliphatic heterocycles. The zero-order valence-electron chi connectivity index (χ0n) is 13.2. The lowest BCUT2D eigenvalue weighted by Gasteiger charge is -2.09. The van der Waals surface area contributed by atoms with Gasteiger partial charge in [0.1, 0.15) is 6.33 Å². The second-order valence-corrected chi connectivity index (χ2v) is 4.14. The van der Waals surface area contributed by atoms with Crippen molar-refractivity contribution in [2.24, 2.45) is 0 Å². The van der Waals surface area contributed by atoms with E-state index in [9.17, 15) is 0 Å². The summed E-state index contributed by atoms with van der Waals surface area (Å²) >= 11 is 0. The molecule has 0 atom stereocenters. The minimum absolute atomic E-state index is 0.446. The molecule has 2 N–H and O–H groups in total. The summed E-state index contributed by atoms with van der Waals surface area (Å²) in [6, 6.07) is 0. The van der Waals surface area contributed by atoms with Gasteiger partial charge in [-0.25, -0.2) is 9.97 Å². The fourth-order valence-electron chi connectivity index (χ4n) is 1.62. The first-order valence-electron chi connectivity index (χ1n) is 7.36. The summed E-state index contributed by atoms with van der Waals surface area (Å²) in [5.74, 6) is 0.947. The zero-order valence-corrected chi connectivity index (χ0v) is 13.2. The van der Waals surface area contributed by atoms with Crippen LogP contribution in [0, 0.1) is 0 Å². The average molecular weight is 297 g/mol. The van der Waals surface area contributed by atoms with Crippen molar-refractivity contribution in [1.29, 1.82) is 0 Å². The van der Waals surface area contributed by atoms with Gasteiger partial charge in [-0.3, -0.25) is 0 Å². The van der Waals surface area contributed by atoms with Gasteiger partial charge in [0, 0.05) is 11.4 Å². The summed E-state index contributed by atoms with van der Waals surface area (Å²) in [5.41, 5.74) is 1.68. The highest BCUT2D eigenvalue weighted by Crippen LogP contribution is 2.12. The predicted molar refractivity (Wildman–Crippen MR) is 93.4 cm³/mol. The van der Waals surface area contributed by atoms with Crippen LogP contribution in [0.4, 0.5) is 11.9 Å². The van der Waals surface area contributed by atoms with Gasteiger partial charge in [-0.15, -0.1) is 0 Å². The molecule has 1 aliphatic carbocycles. The third-order valence-corrected chi connectivity index (χ3v) is 2.53. The zero-order chi connectivity index (χ0) is 16.2. The molecular formula is C17H23N5. The molecule has 1 aromatic rings. The summed E-state index contributed by atoms with van der Waals surface area (Å²) in [7, 11) is 0. The third kappa shape index (κ3) is 6.17. The van der Waals surface area contributed by atoms with Crippen LogP contribution in [-0.4, -0.2) is 15.0 Å². The molecule has 116 valence electrons. The fraction of sp³-hybridized carbons (Fsp3) is 0.235. The third-order valence-electron chi connectivity index (χ3n) is 2.53. The van der Waals surface area contributed by atoms with E-state index in [1.165, 1.54) is 6.33 Å². The van der Waals surface area contributed by atoms with Crippen molar-refractivity contribution in [3.05, 3.63) is 67.3 Å². The monoisotopic (exact) mass is 297 g/mol. The van der Waals surface area contributed by atoms with Crippen LogP contribution in [0.2, 0.25) is 0 Å². The van der Waals surface area contributed by atoms with E-state index in [0.717, 1.165) is 18.5 Å². The Morgan fingerprint density at radius 3 is 2.68 bits per heavy atom. The molecule has 0 saturated heterocycles. The van der Waals surface area contributed by atoms with Crippen molar-refractivity contribution in [2.45, 2.75) is 26.7 Å². The lowest BCUT2D eigenvalue weighted by Crippen LogP contribution is -2.07. The highest BCUT2D eigenvalue weighted by molar-refractivity contribution is 5.45. The van der Waals surface area contributed by atoms with Crippen LogP contribution in [0.15, 0.2) is 67.3 Å². The lowest BCUT2D eigenvalue weighted by molar-refractivity contribution is 1.00. The number of hydrogen-bond acceptors (Lipinski definition) is 5. The maximum absolute atomic E-state index is 4.28. The molecule has 22 heavy (non-hydrogen) atoms. The fourth-order valence-corrected chi connectivity index (χ4v) is 1.62. The highest BCUT2D eigenvalue weighted by Gasteiger charge is 2.03. The summed E-state index contributed by atoms with van der Waals surface area (Å²) in [4.78, 5) is 12.4. The average Bonchev–Trinajstić information content (AvgIpc) is 2.56. The molecule has 1 aromatic heterocycles. The molecule has 5 nitrogen and oxygen atoms in total. The van der Waals surface area contributed by atoms with E-state index in [1.54, 1.807) is 18.2 Å². The number of anilines is 2. The summed E-state index contributed by atoms with van der Waals surface area (Å²) < 4.78 is 0. The van der Waals surface area contributed by atoms with E-state index in [4.69, 9.17) is 0 Å². The van der Waals surface area contributed by atoms with Gasteiger partial charge in [-0.1, -0.05) is 51.3 Å². The van der Waals surface area contributed by atoms with E-state index in [-0.39, 0.29) is 0 Å². The number of hydrogen-bond donors (Lipinski definition) is 2. The van der Waals surface area contributed by atoms with Crippen LogP contribution in [-0.2, 0) is 0 Å². The predicted octanol–water partition coefficient (Wildman–Crippen LogP) is 4.21. The van der Waals surface area contributed by atoms with Crippen LogP contribution >= 0.6 is 0 Å². The Hall–Kier alpha value is -2.69. The van der Waals surface area contributed by atoms with Gasteiger partial charge < -0.3 is 10.6 Å². The first-order chi connectivity index (χ1) is 10.8. The number of nitrogens with zero attached hydrogens (tertiary/aromatic N) is 3. The van der Waals surface area contributed by atoms with Crippen molar-refractivity contribution in [3.63, 3.8) is 0 Å². The summed E-state index contributed by atoms with van der Waals surface area (Å²) in [6.07, 6.45) is 15.1. The molecule has 0 spiro atoms. The molecular weight excluding hydrogens is 274 g/mol. The Morgan fingerprint density at radius 2 is 2.00 bits per heavy atom. The second-order valence-electron chi connectivity index (χ2n) is 4.14. The van der Waals surface area contributed by atoms with Gasteiger partial charge >= 0.3 is 0 Å². The molecule has 0 fully saturated rings. The first kappa shape index (κ1) is 17.4. The lowest BCUT2D eigenvalue weighted by atomic mass is 10.1. The van der Waals surface area contributed by atoms with Crippen molar-refractivity contribution in [3.8, 4) is 0 Å². The molecule has 1 heterocycles. The van der Waals surface area contributed by atoms with Crippen LogP contribution in [0.5, 0.6) is 0 Å². The number of nitrogens with one attached hydrogen (secondary N) is 2. The van der Waals surface area contributed by atoms with E-state index in [2.05, 4.69) is 50.9 Å². The molecule has 0 amide bonds. The van der Waals surface area contributed by atoms with Gasteiger partial charge in [-0.2, -0.15) is 4.98 Å². The number of allylic oxidation sites excluding steroid dienone is 6. The number of rotatable bonds is 6. The van der Waals surface area contributed by atoms with Crippen LogP contribution in [0.1, 0.15) is 26.7 Å². The largest absolute Gasteiger partial charge is 0.325 e. The first-order valence-corrected chi connectivity index (χ1v) is 7.36. The quantitative estimate of drug-likeness (QED) is 0.770. The smallest absolute Gasteiger partial charge is 0.231 e. The Balaban J connectivity index is 0.00000116. The SMILES string of the molecule is C=C/C=C\C(=C)Nc1ncnc(NC2=CCCC=C2)n1.CC. The molecule has 0 saturated carbocycles. The topological polar surface area (TPSA) is 62.7 Å². The molecule has 0 aromatic carbocycles. The van der Waals surface area contributed by atoms with E-state index >= 15 is 0 Å². The van der Waals surface area contributed by atoms with Crippen LogP contribution in [0.3, 0.4) is 0 Å². The maximum atomic E-state index is 4.28. The minimum atomic E-state index is 0.446. The Labute approximate surface area is 132 Å². The highest BCUT2D eigenvalue weighted by atomic mass is 15.2. The Bertz CT molecular complexity index is 584. The van der Waals surface area contributed by atoms with Gasteiger partial charge in [-0.05, 0) is 25.0 Å². The van der Waals surface area contributed by atoms with Crippen LogP contribution < -0.4 is 10.6 Å². The normalized spacial score (nSPS) is 12.9. The molecule has 2 rings (SSSR count). The molecule has 0 radical (unpaired) electrons. The van der Waals surface area contributed by atoms with E-state index in [0.29, 0.717) is 17.6 Å². The van der Waals surface area contributed by atoms with Crippen LogP contribution in [0.25, 0.3) is 0 Å². The molecule has 5 heteroatoms. The Kier molecular flexibility index (Phi) is 7.97. The van der Waals surface area contributed by atoms with Gasteiger partial charge in [0.15, 0.2) is 0 Å². The maximum Gasteiger partial charge on any atom is 0.231 e. The van der Waals surface area contributed by atoms with Gasteiger partial charge in [0.2, 0.25) is 11.9 Å². The number of aromatic nitrogens is 3. The van der Waals surface area contributed by atoms with Crippen molar-refractivity contribution >= 4 is 11.9 Å². The molecule has 1 aliphatic rings. The minimum Gasteiger partial charge on any atom is -0.325 e. The van der Waals surface area contributed by atoms with E-state index < -0.39 is 0 Å². The van der Waals surface area contributed by atoms with Gasteiger partial charge in [0.05, 0.1) is 0 Å². The van der Waals surface area contributed by atoms with Crippen molar-refractivity contribution < 1.29 is 0 Å². The van der Waals surface area contributed by atoms with Crippen molar-refractivity contribution in [2.75, 3.05) is 10.6 Å². The van der Waals surface area contributed by atoms with E-state index in [1.807, 2.05) is 19.9 Å².